The molecule has 3 unspecified atom stereocenters. The van der Waals surface area contributed by atoms with Crippen LogP contribution in [0.2, 0.25) is 0 Å². The lowest BCUT2D eigenvalue weighted by Gasteiger charge is -2.32. The lowest BCUT2D eigenvalue weighted by Crippen LogP contribution is -2.48. The molecule has 1 aliphatic heterocycles. The van der Waals surface area contributed by atoms with E-state index in [-0.39, 0.29) is 5.54 Å². The van der Waals surface area contributed by atoms with Crippen molar-refractivity contribution in [3.63, 3.8) is 0 Å². The monoisotopic (exact) mass is 198 g/mol. The lowest BCUT2D eigenvalue weighted by atomic mass is 9.96. The summed E-state index contributed by atoms with van der Waals surface area (Å²) >= 11 is 0. The SMILES string of the molecule is CCCC(C)(N)CN1CC(C)CC1C. The molecule has 0 spiro atoms. The maximum Gasteiger partial charge on any atom is 0.0254 e. The number of hydrogen-bond acceptors (Lipinski definition) is 2. The maximum atomic E-state index is 6.27. The zero-order chi connectivity index (χ0) is 10.8. The summed E-state index contributed by atoms with van der Waals surface area (Å²) in [5, 5.41) is 0. The fourth-order valence-corrected chi connectivity index (χ4v) is 2.72. The molecule has 14 heavy (non-hydrogen) atoms. The second kappa shape index (κ2) is 4.63. The molecule has 3 atom stereocenters. The highest BCUT2D eigenvalue weighted by Gasteiger charge is 2.30. The number of likely N-dealkylation sites (tertiary alicyclic amines) is 1. The summed E-state index contributed by atoms with van der Waals surface area (Å²) in [6.07, 6.45) is 3.65. The molecular formula is C12H26N2. The Kier molecular flexibility index (Phi) is 3.96. The van der Waals surface area contributed by atoms with E-state index in [2.05, 4.69) is 32.6 Å². The van der Waals surface area contributed by atoms with Crippen molar-refractivity contribution in [2.24, 2.45) is 11.7 Å². The van der Waals surface area contributed by atoms with Gasteiger partial charge in [-0.2, -0.15) is 0 Å². The third kappa shape index (κ3) is 3.25. The standard InChI is InChI=1S/C12H26N2/c1-5-6-12(4,13)9-14-8-10(2)7-11(14)3/h10-11H,5-9,13H2,1-4H3. The second-order valence-corrected chi connectivity index (χ2v) is 5.52. The van der Waals surface area contributed by atoms with Crippen LogP contribution in [0.15, 0.2) is 0 Å². The van der Waals surface area contributed by atoms with E-state index in [0.29, 0.717) is 0 Å². The van der Waals surface area contributed by atoms with Crippen LogP contribution < -0.4 is 5.73 Å². The van der Waals surface area contributed by atoms with Crippen LogP contribution in [0.5, 0.6) is 0 Å². The number of nitrogens with two attached hydrogens (primary N) is 1. The minimum Gasteiger partial charge on any atom is -0.324 e. The molecule has 84 valence electrons. The fourth-order valence-electron chi connectivity index (χ4n) is 2.72. The minimum absolute atomic E-state index is 0.00701. The van der Waals surface area contributed by atoms with Crippen molar-refractivity contribution < 1.29 is 0 Å². The molecule has 0 radical (unpaired) electrons. The molecule has 1 heterocycles. The Morgan fingerprint density at radius 1 is 1.43 bits per heavy atom. The zero-order valence-corrected chi connectivity index (χ0v) is 10.2. The number of hydrogen-bond donors (Lipinski definition) is 1. The molecule has 0 amide bonds. The van der Waals surface area contributed by atoms with Gasteiger partial charge in [-0.05, 0) is 32.6 Å². The van der Waals surface area contributed by atoms with Crippen molar-refractivity contribution in [1.82, 2.24) is 4.90 Å². The molecule has 0 aliphatic carbocycles. The first-order valence-corrected chi connectivity index (χ1v) is 5.97. The summed E-state index contributed by atoms with van der Waals surface area (Å²) in [5.41, 5.74) is 6.28. The average molecular weight is 198 g/mol. The topological polar surface area (TPSA) is 29.3 Å². The molecule has 1 rings (SSSR count). The Morgan fingerprint density at radius 2 is 2.07 bits per heavy atom. The van der Waals surface area contributed by atoms with E-state index < -0.39 is 0 Å². The van der Waals surface area contributed by atoms with Gasteiger partial charge in [0.25, 0.3) is 0 Å². The number of rotatable bonds is 4. The Balaban J connectivity index is 2.43. The van der Waals surface area contributed by atoms with Crippen LogP contribution in [-0.2, 0) is 0 Å². The molecule has 1 aliphatic rings. The smallest absolute Gasteiger partial charge is 0.0254 e. The lowest BCUT2D eigenvalue weighted by molar-refractivity contribution is 0.201. The molecule has 0 aromatic carbocycles. The van der Waals surface area contributed by atoms with E-state index in [4.69, 9.17) is 5.73 Å². The predicted octanol–water partition coefficient (Wildman–Crippen LogP) is 2.23. The van der Waals surface area contributed by atoms with Crippen molar-refractivity contribution >= 4 is 0 Å². The highest BCUT2D eigenvalue weighted by molar-refractivity contribution is 4.88. The summed E-state index contributed by atoms with van der Waals surface area (Å²) in [6, 6.07) is 0.727. The molecule has 1 saturated heterocycles. The van der Waals surface area contributed by atoms with Gasteiger partial charge in [-0.3, -0.25) is 4.90 Å². The van der Waals surface area contributed by atoms with Crippen LogP contribution >= 0.6 is 0 Å². The third-order valence-corrected chi connectivity index (χ3v) is 3.30. The van der Waals surface area contributed by atoms with Crippen LogP contribution in [0.4, 0.5) is 0 Å². The maximum absolute atomic E-state index is 6.27. The highest BCUT2D eigenvalue weighted by Crippen LogP contribution is 2.24. The Morgan fingerprint density at radius 3 is 2.50 bits per heavy atom. The van der Waals surface area contributed by atoms with Crippen LogP contribution in [0.25, 0.3) is 0 Å². The summed E-state index contributed by atoms with van der Waals surface area (Å²) in [6.45, 7) is 11.4. The fraction of sp³-hybridized carbons (Fsp3) is 1.00. The van der Waals surface area contributed by atoms with Crippen molar-refractivity contribution in [3.8, 4) is 0 Å². The van der Waals surface area contributed by atoms with E-state index in [1.807, 2.05) is 0 Å². The quantitative estimate of drug-likeness (QED) is 0.750. The first-order chi connectivity index (χ1) is 6.44. The summed E-state index contributed by atoms with van der Waals surface area (Å²) in [7, 11) is 0. The van der Waals surface area contributed by atoms with Gasteiger partial charge in [0.05, 0.1) is 0 Å². The molecule has 0 aromatic rings. The van der Waals surface area contributed by atoms with Crippen LogP contribution in [0.1, 0.15) is 47.0 Å². The molecule has 0 saturated carbocycles. The Labute approximate surface area is 88.8 Å². The molecule has 2 N–H and O–H groups in total. The van der Waals surface area contributed by atoms with Crippen LogP contribution in [0, 0.1) is 5.92 Å². The average Bonchev–Trinajstić information content (AvgIpc) is 2.28. The first-order valence-electron chi connectivity index (χ1n) is 5.97. The molecule has 2 nitrogen and oxygen atoms in total. The van der Waals surface area contributed by atoms with Gasteiger partial charge in [0.1, 0.15) is 0 Å². The molecule has 1 fully saturated rings. The minimum atomic E-state index is 0.00701. The van der Waals surface area contributed by atoms with Crippen LogP contribution in [-0.4, -0.2) is 29.6 Å². The summed E-state index contributed by atoms with van der Waals surface area (Å²) < 4.78 is 0. The van der Waals surface area contributed by atoms with E-state index >= 15 is 0 Å². The van der Waals surface area contributed by atoms with Gasteiger partial charge in [0.15, 0.2) is 0 Å². The van der Waals surface area contributed by atoms with Gasteiger partial charge < -0.3 is 5.73 Å². The summed E-state index contributed by atoms with van der Waals surface area (Å²) in [4.78, 5) is 2.56. The van der Waals surface area contributed by atoms with E-state index in [9.17, 15) is 0 Å². The van der Waals surface area contributed by atoms with Gasteiger partial charge >= 0.3 is 0 Å². The van der Waals surface area contributed by atoms with Gasteiger partial charge in [-0.1, -0.05) is 20.3 Å². The molecule has 0 aromatic heterocycles. The van der Waals surface area contributed by atoms with Crippen molar-refractivity contribution in [1.29, 1.82) is 0 Å². The second-order valence-electron chi connectivity index (χ2n) is 5.52. The van der Waals surface area contributed by atoms with E-state index in [0.717, 1.165) is 24.9 Å². The first kappa shape index (κ1) is 12.0. The van der Waals surface area contributed by atoms with Gasteiger partial charge in [-0.25, -0.2) is 0 Å². The molecule has 2 heteroatoms. The molecule has 0 bridgehead atoms. The summed E-state index contributed by atoms with van der Waals surface area (Å²) in [5.74, 6) is 0.849. The predicted molar refractivity (Wildman–Crippen MR) is 62.3 cm³/mol. The highest BCUT2D eigenvalue weighted by atomic mass is 15.2. The Hall–Kier alpha value is -0.0800. The van der Waals surface area contributed by atoms with Crippen molar-refractivity contribution in [3.05, 3.63) is 0 Å². The van der Waals surface area contributed by atoms with E-state index in [1.165, 1.54) is 19.4 Å². The van der Waals surface area contributed by atoms with Gasteiger partial charge in [0.2, 0.25) is 0 Å². The van der Waals surface area contributed by atoms with Gasteiger partial charge in [-0.15, -0.1) is 0 Å². The van der Waals surface area contributed by atoms with Gasteiger partial charge in [0, 0.05) is 24.7 Å². The third-order valence-electron chi connectivity index (χ3n) is 3.30. The van der Waals surface area contributed by atoms with Crippen molar-refractivity contribution in [2.75, 3.05) is 13.1 Å². The van der Waals surface area contributed by atoms with Crippen LogP contribution in [0.3, 0.4) is 0 Å². The normalized spacial score (nSPS) is 33.2. The largest absolute Gasteiger partial charge is 0.324 e. The zero-order valence-electron chi connectivity index (χ0n) is 10.2. The number of nitrogens with zero attached hydrogens (tertiary/aromatic N) is 1. The molecular weight excluding hydrogens is 172 g/mol. The van der Waals surface area contributed by atoms with Crippen molar-refractivity contribution in [2.45, 2.75) is 58.5 Å². The van der Waals surface area contributed by atoms with E-state index in [1.54, 1.807) is 0 Å². The Bertz CT molecular complexity index is 177.